The zero-order chi connectivity index (χ0) is 17.7. The Morgan fingerprint density at radius 2 is 1.54 bits per heavy atom. The number of rotatable bonds is 6. The van der Waals surface area contributed by atoms with Crippen LogP contribution in [0.3, 0.4) is 0 Å². The first kappa shape index (κ1) is 18.2. The summed E-state index contributed by atoms with van der Waals surface area (Å²) in [5.74, 6) is -0.133. The summed E-state index contributed by atoms with van der Waals surface area (Å²) >= 11 is 5.89. The van der Waals surface area contributed by atoms with Crippen LogP contribution in [0.5, 0.6) is 0 Å². The minimum Gasteiger partial charge on any atom is -0.325 e. The van der Waals surface area contributed by atoms with Gasteiger partial charge in [-0.25, -0.2) is 0 Å². The molecule has 0 aliphatic heterocycles. The van der Waals surface area contributed by atoms with Gasteiger partial charge in [0.15, 0.2) is 5.78 Å². The molecule has 0 saturated carbocycles. The van der Waals surface area contributed by atoms with Crippen LogP contribution in [0.2, 0.25) is 5.02 Å². The Balaban J connectivity index is 1.93. The van der Waals surface area contributed by atoms with Gasteiger partial charge in [-0.15, -0.1) is 0 Å². The summed E-state index contributed by atoms with van der Waals surface area (Å²) in [7, 11) is 0. The van der Waals surface area contributed by atoms with Crippen molar-refractivity contribution in [1.29, 1.82) is 0 Å². The van der Waals surface area contributed by atoms with E-state index in [1.807, 2.05) is 38.1 Å². The maximum Gasteiger partial charge on any atom is 0.241 e. The maximum atomic E-state index is 12.3. The SMILES string of the molecule is CC(=O)c1ccc(NC(=O)[C@H](C)N[C@H](C)c2ccc(Cl)cc2)cc1. The number of carbonyl (C=O) groups is 2. The molecule has 0 radical (unpaired) electrons. The number of carbonyl (C=O) groups excluding carboxylic acids is 2. The molecule has 5 heteroatoms. The number of anilines is 1. The van der Waals surface area contributed by atoms with Crippen molar-refractivity contribution in [3.05, 3.63) is 64.7 Å². The molecule has 0 heterocycles. The number of hydrogen-bond donors (Lipinski definition) is 2. The fraction of sp³-hybridized carbons (Fsp3) is 0.263. The van der Waals surface area contributed by atoms with Gasteiger partial charge in [0.05, 0.1) is 6.04 Å². The van der Waals surface area contributed by atoms with Crippen LogP contribution in [0.4, 0.5) is 5.69 Å². The highest BCUT2D eigenvalue weighted by molar-refractivity contribution is 6.30. The van der Waals surface area contributed by atoms with E-state index >= 15 is 0 Å². The predicted molar refractivity (Wildman–Crippen MR) is 97.5 cm³/mol. The van der Waals surface area contributed by atoms with Crippen LogP contribution in [-0.2, 0) is 4.79 Å². The zero-order valence-corrected chi connectivity index (χ0v) is 14.7. The van der Waals surface area contributed by atoms with Crippen LogP contribution < -0.4 is 10.6 Å². The predicted octanol–water partition coefficient (Wildman–Crippen LogP) is 4.22. The lowest BCUT2D eigenvalue weighted by molar-refractivity contribution is -0.117. The van der Waals surface area contributed by atoms with Crippen LogP contribution in [0, 0.1) is 0 Å². The van der Waals surface area contributed by atoms with E-state index in [9.17, 15) is 9.59 Å². The molecule has 0 aliphatic carbocycles. The Hall–Kier alpha value is -2.17. The Morgan fingerprint density at radius 3 is 2.08 bits per heavy atom. The maximum absolute atomic E-state index is 12.3. The van der Waals surface area contributed by atoms with Gasteiger partial charge in [0.1, 0.15) is 0 Å². The van der Waals surface area contributed by atoms with Gasteiger partial charge in [0, 0.05) is 22.3 Å². The minimum absolute atomic E-state index is 0.000277. The molecule has 0 spiro atoms. The van der Waals surface area contributed by atoms with Crippen molar-refractivity contribution in [3.63, 3.8) is 0 Å². The molecule has 0 bridgehead atoms. The second kappa shape index (κ2) is 8.08. The quantitative estimate of drug-likeness (QED) is 0.771. The molecule has 0 aromatic heterocycles. The molecule has 2 aromatic rings. The third kappa shape index (κ3) is 4.91. The van der Waals surface area contributed by atoms with E-state index in [1.54, 1.807) is 24.3 Å². The van der Waals surface area contributed by atoms with Crippen molar-refractivity contribution in [3.8, 4) is 0 Å². The molecule has 2 atom stereocenters. The van der Waals surface area contributed by atoms with Crippen molar-refractivity contribution in [1.82, 2.24) is 5.32 Å². The van der Waals surface area contributed by atoms with E-state index in [-0.39, 0.29) is 23.8 Å². The molecular weight excluding hydrogens is 324 g/mol. The third-order valence-electron chi connectivity index (χ3n) is 3.82. The summed E-state index contributed by atoms with van der Waals surface area (Å²) < 4.78 is 0. The number of Topliss-reactive ketones (excluding diaryl/α,β-unsaturated/α-hetero) is 1. The number of nitrogens with one attached hydrogen (secondary N) is 2. The Bertz CT molecular complexity index is 711. The third-order valence-corrected chi connectivity index (χ3v) is 4.07. The Morgan fingerprint density at radius 1 is 0.958 bits per heavy atom. The first-order chi connectivity index (χ1) is 11.4. The van der Waals surface area contributed by atoms with Gasteiger partial charge in [-0.3, -0.25) is 14.9 Å². The number of amides is 1. The lowest BCUT2D eigenvalue weighted by atomic mass is 10.1. The van der Waals surface area contributed by atoms with Gasteiger partial charge in [0.2, 0.25) is 5.91 Å². The molecule has 0 fully saturated rings. The van der Waals surface area contributed by atoms with E-state index in [4.69, 9.17) is 11.6 Å². The number of hydrogen-bond acceptors (Lipinski definition) is 3. The van der Waals surface area contributed by atoms with Crippen LogP contribution in [0.1, 0.15) is 42.7 Å². The Labute approximate surface area is 147 Å². The largest absolute Gasteiger partial charge is 0.325 e. The number of halogens is 1. The van der Waals surface area contributed by atoms with Crippen molar-refractivity contribution < 1.29 is 9.59 Å². The fourth-order valence-electron chi connectivity index (χ4n) is 2.34. The summed E-state index contributed by atoms with van der Waals surface area (Å²) in [5, 5.41) is 6.78. The molecule has 2 N–H and O–H groups in total. The molecule has 126 valence electrons. The molecule has 2 rings (SSSR count). The first-order valence-corrected chi connectivity index (χ1v) is 8.18. The van der Waals surface area contributed by atoms with Gasteiger partial charge < -0.3 is 5.32 Å². The molecule has 0 saturated heterocycles. The van der Waals surface area contributed by atoms with Gasteiger partial charge in [0.25, 0.3) is 0 Å². The van der Waals surface area contributed by atoms with Gasteiger partial charge >= 0.3 is 0 Å². The fourth-order valence-corrected chi connectivity index (χ4v) is 2.46. The van der Waals surface area contributed by atoms with Crippen LogP contribution in [0.25, 0.3) is 0 Å². The Kier molecular flexibility index (Phi) is 6.12. The second-order valence-electron chi connectivity index (χ2n) is 5.78. The highest BCUT2D eigenvalue weighted by Gasteiger charge is 2.16. The van der Waals surface area contributed by atoms with E-state index in [0.29, 0.717) is 16.3 Å². The molecule has 0 unspecified atom stereocenters. The first-order valence-electron chi connectivity index (χ1n) is 7.80. The van der Waals surface area contributed by atoms with Crippen LogP contribution in [0.15, 0.2) is 48.5 Å². The smallest absolute Gasteiger partial charge is 0.241 e. The topological polar surface area (TPSA) is 58.2 Å². The monoisotopic (exact) mass is 344 g/mol. The molecule has 4 nitrogen and oxygen atoms in total. The van der Waals surface area contributed by atoms with E-state index in [0.717, 1.165) is 5.56 Å². The second-order valence-corrected chi connectivity index (χ2v) is 6.22. The molecule has 24 heavy (non-hydrogen) atoms. The van der Waals surface area contributed by atoms with Crippen molar-refractivity contribution in [2.75, 3.05) is 5.32 Å². The molecule has 0 aliphatic rings. The summed E-state index contributed by atoms with van der Waals surface area (Å²) in [6.07, 6.45) is 0. The van der Waals surface area contributed by atoms with Crippen molar-refractivity contribution in [2.45, 2.75) is 32.9 Å². The number of benzene rings is 2. The van der Waals surface area contributed by atoms with Crippen LogP contribution >= 0.6 is 11.6 Å². The highest BCUT2D eigenvalue weighted by Crippen LogP contribution is 2.17. The standard InChI is InChI=1S/C19H21ClN2O2/c1-12(15-4-8-17(20)9-5-15)21-13(2)19(24)22-18-10-6-16(7-11-18)14(3)23/h4-13,21H,1-3H3,(H,22,24)/t12-,13+/m1/s1. The average Bonchev–Trinajstić information content (AvgIpc) is 2.55. The van der Waals surface area contributed by atoms with Gasteiger partial charge in [-0.1, -0.05) is 23.7 Å². The van der Waals surface area contributed by atoms with Crippen LogP contribution in [-0.4, -0.2) is 17.7 Å². The van der Waals surface area contributed by atoms with Crippen molar-refractivity contribution >= 4 is 29.0 Å². The average molecular weight is 345 g/mol. The lowest BCUT2D eigenvalue weighted by Crippen LogP contribution is -2.39. The summed E-state index contributed by atoms with van der Waals surface area (Å²) in [4.78, 5) is 23.5. The van der Waals surface area contributed by atoms with Crippen molar-refractivity contribution in [2.24, 2.45) is 0 Å². The summed E-state index contributed by atoms with van der Waals surface area (Å²) in [5.41, 5.74) is 2.35. The van der Waals surface area contributed by atoms with Gasteiger partial charge in [-0.05, 0) is 62.7 Å². The zero-order valence-electron chi connectivity index (χ0n) is 14.0. The molecule has 1 amide bonds. The highest BCUT2D eigenvalue weighted by atomic mass is 35.5. The summed E-state index contributed by atoms with van der Waals surface area (Å²) in [6, 6.07) is 14.0. The van der Waals surface area contributed by atoms with E-state index in [2.05, 4.69) is 10.6 Å². The molecular formula is C19H21ClN2O2. The van der Waals surface area contributed by atoms with E-state index < -0.39 is 0 Å². The normalized spacial score (nSPS) is 13.2. The van der Waals surface area contributed by atoms with E-state index in [1.165, 1.54) is 6.92 Å². The number of ketones is 1. The minimum atomic E-state index is -0.372. The van der Waals surface area contributed by atoms with Gasteiger partial charge in [-0.2, -0.15) is 0 Å². The lowest BCUT2D eigenvalue weighted by Gasteiger charge is -2.20. The summed E-state index contributed by atoms with van der Waals surface area (Å²) in [6.45, 7) is 5.32. The molecule has 2 aromatic carbocycles.